The minimum Gasteiger partial charge on any atom is -0.759 e. The molecule has 0 radical (unpaired) electrons. The third kappa shape index (κ3) is 4150. The zero-order chi connectivity index (χ0) is 4.50. The molecule has 0 aliphatic heterocycles. The van der Waals surface area contributed by atoms with E-state index in [4.69, 9.17) is 17.5 Å². The topological polar surface area (TPSA) is 458 Å². The number of rotatable bonds is 0. The van der Waals surface area contributed by atoms with E-state index in [9.17, 15) is 0 Å². The van der Waals surface area contributed by atoms with Gasteiger partial charge in [-0.3, -0.25) is 8.42 Å². The normalized spacial score (nSPS) is 3.22. The van der Waals surface area contributed by atoms with Gasteiger partial charge in [0.15, 0.2) is 0 Å². The zero-order valence-electron chi connectivity index (χ0n) is 9.04. The van der Waals surface area contributed by atoms with Crippen LogP contribution in [0.15, 0.2) is 0 Å². The fraction of sp³-hybridized carbons (Fsp3) is 0. The Kier molecular flexibility index (Phi) is 1440. The van der Waals surface area contributed by atoms with Crippen LogP contribution in [0.2, 0.25) is 0 Å². The minimum atomic E-state index is -5.17. The van der Waals surface area contributed by atoms with Crippen molar-refractivity contribution < 1.29 is 135 Å². The maximum absolute atomic E-state index is 8.52. The smallest absolute Gasteiger partial charge is 0.759 e. The summed E-state index contributed by atoms with van der Waals surface area (Å²) in [6.45, 7) is 0. The predicted octanol–water partition coefficient (Wildman–Crippen LogP) is -14.2. The second-order valence-electron chi connectivity index (χ2n) is 0.408. The van der Waals surface area contributed by atoms with E-state index in [0.717, 1.165) is 0 Å². The molecule has 0 aromatic carbocycles. The van der Waals surface area contributed by atoms with Crippen molar-refractivity contribution in [2.24, 2.45) is 0 Å². The summed E-state index contributed by atoms with van der Waals surface area (Å²) in [6, 6.07) is 0. The molecule has 18 heteroatoms. The van der Waals surface area contributed by atoms with Crippen molar-refractivity contribution in [2.75, 3.05) is 0 Å². The molecule has 0 rings (SSSR count). The van der Waals surface area contributed by atoms with Gasteiger partial charge in [-0.1, -0.05) is 0 Å². The molecule has 0 saturated carbocycles. The van der Waals surface area contributed by atoms with E-state index in [1.54, 1.807) is 0 Å². The van der Waals surface area contributed by atoms with Crippen LogP contribution in [0.4, 0.5) is 0 Å². The van der Waals surface area contributed by atoms with E-state index in [0.29, 0.717) is 0 Å². The fourth-order valence-corrected chi connectivity index (χ4v) is 0. The minimum absolute atomic E-state index is 0. The van der Waals surface area contributed by atoms with Crippen molar-refractivity contribution >= 4 is 10.4 Å². The average molecular weight is 351 g/mol. The van der Waals surface area contributed by atoms with E-state index in [1.165, 1.54) is 0 Å². The molecular weight excluding hydrogens is 327 g/mol. The maximum atomic E-state index is 8.52. The molecule has 18 heavy (non-hydrogen) atoms. The third-order valence-corrected chi connectivity index (χ3v) is 0. The summed E-state index contributed by atoms with van der Waals surface area (Å²) in [5, 5.41) is 0. The van der Waals surface area contributed by atoms with Crippen molar-refractivity contribution in [1.29, 1.82) is 0 Å². The van der Waals surface area contributed by atoms with Gasteiger partial charge in [-0.15, -0.1) is 0 Å². The summed E-state index contributed by atoms with van der Waals surface area (Å²) in [5.41, 5.74) is 0. The van der Waals surface area contributed by atoms with Crippen LogP contribution in [0.25, 0.3) is 0 Å². The monoisotopic (exact) mass is 351 g/mol. The molecule has 0 fully saturated rings. The van der Waals surface area contributed by atoms with Crippen molar-refractivity contribution in [3.63, 3.8) is 0 Å². The molecule has 128 valence electrons. The maximum Gasteiger partial charge on any atom is 1.00 e. The van der Waals surface area contributed by atoms with Gasteiger partial charge in [0.25, 0.3) is 0 Å². The van der Waals surface area contributed by atoms with E-state index in [2.05, 4.69) is 0 Å². The molecule has 0 heterocycles. The van der Waals surface area contributed by atoms with Gasteiger partial charge >= 0.3 is 51.4 Å². The molecule has 0 bridgehead atoms. The standard InChI is InChI=1S/K.H2O4S.12H2O/c;1-5(2,3)4;;;;;;;;;;;;/h;(H2,1,2,3,4);12*1H2/q+1;;;;;;;;;;;;;/p-2. The largest absolute Gasteiger partial charge is 1.00 e. The van der Waals surface area contributed by atoms with Crippen LogP contribution in [0.1, 0.15) is 0 Å². The van der Waals surface area contributed by atoms with Crippen LogP contribution < -0.4 is 51.4 Å². The molecule has 0 amide bonds. The SMILES string of the molecule is O.O.O.O.O.O.O.O.O.O.O.O.O=S(=O)([O-])[O-].[K+]. The van der Waals surface area contributed by atoms with Crippen molar-refractivity contribution in [2.45, 2.75) is 0 Å². The summed E-state index contributed by atoms with van der Waals surface area (Å²) in [4.78, 5) is 0. The molecule has 0 unspecified atom stereocenters. The van der Waals surface area contributed by atoms with Gasteiger partial charge in [0.05, 0.1) is 0 Å². The average Bonchev–Trinajstić information content (AvgIpc) is 0.722. The van der Waals surface area contributed by atoms with Crippen LogP contribution in [-0.4, -0.2) is 83.2 Å². The van der Waals surface area contributed by atoms with Crippen LogP contribution in [0, 0.1) is 0 Å². The fourth-order valence-electron chi connectivity index (χ4n) is 0. The van der Waals surface area contributed by atoms with Gasteiger partial charge in [-0.2, -0.15) is 0 Å². The third-order valence-electron chi connectivity index (χ3n) is 0. The Balaban J connectivity index is -0.00000000103. The molecular formula is H24KO16S-. The summed E-state index contributed by atoms with van der Waals surface area (Å²) in [7, 11) is -5.17. The summed E-state index contributed by atoms with van der Waals surface area (Å²) in [5.74, 6) is 0. The first-order valence-corrected chi connectivity index (χ1v) is 2.00. The van der Waals surface area contributed by atoms with Gasteiger partial charge in [0, 0.05) is 10.4 Å². The molecule has 0 aromatic rings. The van der Waals surface area contributed by atoms with Crippen LogP contribution in [0.5, 0.6) is 0 Å². The molecule has 16 nitrogen and oxygen atoms in total. The Morgan fingerprint density at radius 1 is 0.444 bits per heavy atom. The Labute approximate surface area is 144 Å². The molecule has 0 aromatic heterocycles. The Hall–Kier alpha value is 1.03. The van der Waals surface area contributed by atoms with E-state index < -0.39 is 10.4 Å². The quantitative estimate of drug-likeness (QED) is 0.232. The number of hydrogen-bond acceptors (Lipinski definition) is 4. The summed E-state index contributed by atoms with van der Waals surface area (Å²) in [6.07, 6.45) is 0. The summed E-state index contributed by atoms with van der Waals surface area (Å²) < 4.78 is 34.1. The van der Waals surface area contributed by atoms with E-state index in [-0.39, 0.29) is 117 Å². The molecule has 0 atom stereocenters. The van der Waals surface area contributed by atoms with Gasteiger partial charge in [-0.25, -0.2) is 0 Å². The van der Waals surface area contributed by atoms with Gasteiger partial charge in [0.1, 0.15) is 0 Å². The Morgan fingerprint density at radius 2 is 0.444 bits per heavy atom. The van der Waals surface area contributed by atoms with Crippen LogP contribution >= 0.6 is 0 Å². The molecule has 0 spiro atoms. The zero-order valence-corrected chi connectivity index (χ0v) is 13.0. The molecule has 0 aliphatic carbocycles. The molecule has 24 N–H and O–H groups in total. The van der Waals surface area contributed by atoms with Gasteiger partial charge in [-0.05, 0) is 0 Å². The number of hydrogen-bond donors (Lipinski definition) is 0. The first-order valence-electron chi connectivity index (χ1n) is 0.667. The molecule has 0 saturated heterocycles. The summed E-state index contributed by atoms with van der Waals surface area (Å²) >= 11 is 0. The van der Waals surface area contributed by atoms with Crippen molar-refractivity contribution in [3.05, 3.63) is 0 Å². The first kappa shape index (κ1) is 245. The molecule has 0 aliphatic rings. The van der Waals surface area contributed by atoms with E-state index in [1.807, 2.05) is 0 Å². The first-order chi connectivity index (χ1) is 2.00. The van der Waals surface area contributed by atoms with Crippen molar-refractivity contribution in [1.82, 2.24) is 0 Å². The Morgan fingerprint density at radius 3 is 0.444 bits per heavy atom. The van der Waals surface area contributed by atoms with E-state index >= 15 is 0 Å². The van der Waals surface area contributed by atoms with Crippen LogP contribution in [0.3, 0.4) is 0 Å². The Bertz CT molecular complexity index is 94.3. The predicted molar refractivity (Wildman–Crippen MR) is 53.8 cm³/mol. The van der Waals surface area contributed by atoms with Crippen molar-refractivity contribution in [3.8, 4) is 0 Å². The van der Waals surface area contributed by atoms with Crippen LogP contribution in [-0.2, 0) is 10.4 Å². The van der Waals surface area contributed by atoms with Gasteiger partial charge in [0.2, 0.25) is 0 Å². The second-order valence-corrected chi connectivity index (χ2v) is 1.22. The second kappa shape index (κ2) is 106. The van der Waals surface area contributed by atoms with Gasteiger partial charge < -0.3 is 74.8 Å².